The van der Waals surface area contributed by atoms with Gasteiger partial charge in [0, 0.05) is 25.1 Å². The Kier molecular flexibility index (Phi) is 11.7. The minimum absolute atomic E-state index is 0.0287. The number of halogens is 1. The average Bonchev–Trinajstić information content (AvgIpc) is 3.05. The zero-order valence-corrected chi connectivity index (χ0v) is 27.6. The van der Waals surface area contributed by atoms with E-state index in [0.29, 0.717) is 18.7 Å². The van der Waals surface area contributed by atoms with Gasteiger partial charge in [-0.05, 0) is 60.7 Å². The predicted molar refractivity (Wildman–Crippen MR) is 180 cm³/mol. The van der Waals surface area contributed by atoms with Gasteiger partial charge in [-0.15, -0.1) is 0 Å². The van der Waals surface area contributed by atoms with Gasteiger partial charge in [-0.2, -0.15) is 0 Å². The first-order chi connectivity index (χ1) is 22.0. The molecule has 0 bridgehead atoms. The summed E-state index contributed by atoms with van der Waals surface area (Å²) in [4.78, 5) is 29.5. The molecule has 1 unspecified atom stereocenters. The number of hydrogen-bond acceptors (Lipinski definition) is 4. The molecular formula is C37H42FN3O4S. The van der Waals surface area contributed by atoms with Crippen molar-refractivity contribution in [3.8, 4) is 0 Å². The lowest BCUT2D eigenvalue weighted by atomic mass is 10.0. The first-order valence-corrected chi connectivity index (χ1v) is 17.0. The number of anilines is 1. The molecule has 2 amide bonds. The Morgan fingerprint density at radius 3 is 2.09 bits per heavy atom. The first kappa shape index (κ1) is 34.4. The van der Waals surface area contributed by atoms with Crippen LogP contribution in [0.2, 0.25) is 0 Å². The Morgan fingerprint density at radius 1 is 0.848 bits per heavy atom. The molecular weight excluding hydrogens is 601 g/mol. The third-order valence-electron chi connectivity index (χ3n) is 7.85. The minimum Gasteiger partial charge on any atom is -0.354 e. The van der Waals surface area contributed by atoms with E-state index >= 15 is 4.39 Å². The summed E-state index contributed by atoms with van der Waals surface area (Å²) in [5, 5.41) is 2.89. The quantitative estimate of drug-likeness (QED) is 0.167. The van der Waals surface area contributed by atoms with Crippen molar-refractivity contribution in [1.29, 1.82) is 0 Å². The maximum Gasteiger partial charge on any atom is 0.264 e. The number of hydrogen-bond donors (Lipinski definition) is 1. The van der Waals surface area contributed by atoms with Crippen molar-refractivity contribution in [3.05, 3.63) is 131 Å². The summed E-state index contributed by atoms with van der Waals surface area (Å²) in [5.74, 6) is -1.35. The molecule has 1 N–H and O–H groups in total. The summed E-state index contributed by atoms with van der Waals surface area (Å²) in [6.07, 6.45) is 0.838. The second-order valence-electron chi connectivity index (χ2n) is 11.7. The van der Waals surface area contributed by atoms with Gasteiger partial charge in [0.2, 0.25) is 11.8 Å². The summed E-state index contributed by atoms with van der Waals surface area (Å²) in [5.41, 5.74) is 3.23. The van der Waals surface area contributed by atoms with Gasteiger partial charge >= 0.3 is 0 Å². The van der Waals surface area contributed by atoms with Crippen LogP contribution in [0.15, 0.2) is 108 Å². The van der Waals surface area contributed by atoms with Crippen LogP contribution in [-0.2, 0) is 32.6 Å². The van der Waals surface area contributed by atoms with Crippen LogP contribution < -0.4 is 9.62 Å². The van der Waals surface area contributed by atoms with Crippen molar-refractivity contribution in [3.63, 3.8) is 0 Å². The first-order valence-electron chi connectivity index (χ1n) is 15.5. The zero-order valence-electron chi connectivity index (χ0n) is 26.8. The lowest BCUT2D eigenvalue weighted by molar-refractivity contribution is -0.140. The fourth-order valence-corrected chi connectivity index (χ4v) is 6.54. The van der Waals surface area contributed by atoms with Crippen LogP contribution in [0.1, 0.15) is 55.4 Å². The van der Waals surface area contributed by atoms with Crippen LogP contribution in [-0.4, -0.2) is 44.3 Å². The predicted octanol–water partition coefficient (Wildman–Crippen LogP) is 6.62. The zero-order chi connectivity index (χ0) is 33.3. The molecule has 0 aromatic heterocycles. The average molecular weight is 644 g/mol. The van der Waals surface area contributed by atoms with Gasteiger partial charge in [0.25, 0.3) is 10.0 Å². The summed E-state index contributed by atoms with van der Waals surface area (Å²) in [6.45, 7) is 7.42. The maximum atomic E-state index is 15.0. The highest BCUT2D eigenvalue weighted by molar-refractivity contribution is 7.92. The molecule has 4 aromatic rings. The fourth-order valence-electron chi connectivity index (χ4n) is 5.12. The van der Waals surface area contributed by atoms with Crippen LogP contribution in [0, 0.1) is 12.7 Å². The molecule has 242 valence electrons. The molecule has 0 aliphatic carbocycles. The van der Waals surface area contributed by atoms with Crippen molar-refractivity contribution >= 4 is 27.5 Å². The summed E-state index contributed by atoms with van der Waals surface area (Å²) >= 11 is 0. The van der Waals surface area contributed by atoms with Crippen molar-refractivity contribution in [2.75, 3.05) is 17.4 Å². The third-order valence-corrected chi connectivity index (χ3v) is 9.64. The Bertz CT molecular complexity index is 1710. The van der Waals surface area contributed by atoms with Crippen LogP contribution in [0.25, 0.3) is 0 Å². The molecule has 4 rings (SSSR count). The van der Waals surface area contributed by atoms with Crippen LogP contribution in [0.5, 0.6) is 0 Å². The summed E-state index contributed by atoms with van der Waals surface area (Å²) in [6, 6.07) is 27.8. The Labute approximate surface area is 272 Å². The van der Waals surface area contributed by atoms with Gasteiger partial charge in [-0.25, -0.2) is 12.8 Å². The Hall–Kier alpha value is -4.50. The van der Waals surface area contributed by atoms with E-state index in [1.165, 1.54) is 23.1 Å². The minimum atomic E-state index is -4.22. The van der Waals surface area contributed by atoms with E-state index in [-0.39, 0.29) is 29.3 Å². The van der Waals surface area contributed by atoms with E-state index in [2.05, 4.69) is 5.32 Å². The van der Waals surface area contributed by atoms with E-state index in [1.54, 1.807) is 42.5 Å². The van der Waals surface area contributed by atoms with Crippen molar-refractivity contribution in [2.45, 2.75) is 63.9 Å². The second-order valence-corrected chi connectivity index (χ2v) is 13.5. The number of nitrogens with zero attached hydrogens (tertiary/aromatic N) is 2. The molecule has 0 heterocycles. The van der Waals surface area contributed by atoms with E-state index < -0.39 is 40.2 Å². The van der Waals surface area contributed by atoms with E-state index in [9.17, 15) is 18.0 Å². The third kappa shape index (κ3) is 8.60. The number of rotatable bonds is 14. The lowest BCUT2D eigenvalue weighted by Gasteiger charge is -2.34. The SMILES string of the molecule is CCCNC(=O)C(Cc1ccccc1)N(Cc1ccccc1F)C(=O)CN(c1ccc(C(C)C)cc1)S(=O)(=O)c1ccc(C)cc1. The van der Waals surface area contributed by atoms with Gasteiger partial charge in [0.05, 0.1) is 10.6 Å². The fraction of sp³-hybridized carbons (Fsp3) is 0.297. The summed E-state index contributed by atoms with van der Waals surface area (Å²) < 4.78 is 44.5. The smallest absolute Gasteiger partial charge is 0.264 e. The lowest BCUT2D eigenvalue weighted by Crippen LogP contribution is -2.53. The van der Waals surface area contributed by atoms with Crippen LogP contribution >= 0.6 is 0 Å². The highest BCUT2D eigenvalue weighted by Crippen LogP contribution is 2.27. The molecule has 0 aliphatic rings. The molecule has 9 heteroatoms. The largest absolute Gasteiger partial charge is 0.354 e. The Morgan fingerprint density at radius 2 is 1.48 bits per heavy atom. The standard InChI is InChI=1S/C37H42FN3O4S/c1-5-23-39-37(43)35(24-29-11-7-6-8-12-29)40(25-31-13-9-10-14-34(31)38)36(42)26-41(32-19-17-30(18-20-32)27(2)3)46(44,45)33-21-15-28(4)16-22-33/h6-22,27,35H,5,23-26H2,1-4H3,(H,39,43). The molecule has 0 fully saturated rings. The number of benzene rings is 4. The molecule has 4 aromatic carbocycles. The van der Waals surface area contributed by atoms with Crippen LogP contribution in [0.3, 0.4) is 0 Å². The second kappa shape index (κ2) is 15.7. The molecule has 46 heavy (non-hydrogen) atoms. The molecule has 0 saturated heterocycles. The van der Waals surface area contributed by atoms with E-state index in [0.717, 1.165) is 21.0 Å². The molecule has 7 nitrogen and oxygen atoms in total. The van der Waals surface area contributed by atoms with Crippen LogP contribution in [0.4, 0.5) is 10.1 Å². The van der Waals surface area contributed by atoms with Crippen molar-refractivity contribution in [2.24, 2.45) is 0 Å². The monoisotopic (exact) mass is 643 g/mol. The van der Waals surface area contributed by atoms with Gasteiger partial charge in [0.15, 0.2) is 0 Å². The number of amides is 2. The highest BCUT2D eigenvalue weighted by atomic mass is 32.2. The van der Waals surface area contributed by atoms with Gasteiger partial charge < -0.3 is 10.2 Å². The van der Waals surface area contributed by atoms with Gasteiger partial charge in [-0.3, -0.25) is 13.9 Å². The molecule has 0 spiro atoms. The molecule has 0 saturated carbocycles. The number of carbonyl (C=O) groups is 2. The van der Waals surface area contributed by atoms with E-state index in [4.69, 9.17) is 0 Å². The molecule has 0 aliphatic heterocycles. The van der Waals surface area contributed by atoms with Crippen molar-refractivity contribution in [1.82, 2.24) is 10.2 Å². The number of sulfonamides is 1. The van der Waals surface area contributed by atoms with Gasteiger partial charge in [-0.1, -0.05) is 99.1 Å². The summed E-state index contributed by atoms with van der Waals surface area (Å²) in [7, 11) is -4.22. The normalized spacial score (nSPS) is 12.0. The molecule has 0 radical (unpaired) electrons. The molecule has 1 atom stereocenters. The van der Waals surface area contributed by atoms with E-state index in [1.807, 2.05) is 70.2 Å². The Balaban J connectivity index is 1.81. The maximum absolute atomic E-state index is 15.0. The number of aryl methyl sites for hydroxylation is 1. The van der Waals surface area contributed by atoms with Gasteiger partial charge in [0.1, 0.15) is 18.4 Å². The number of carbonyl (C=O) groups excluding carboxylic acids is 2. The number of nitrogens with one attached hydrogen (secondary N) is 1. The highest BCUT2D eigenvalue weighted by Gasteiger charge is 2.35. The van der Waals surface area contributed by atoms with Crippen molar-refractivity contribution < 1.29 is 22.4 Å². The topological polar surface area (TPSA) is 86.8 Å².